The van der Waals surface area contributed by atoms with Crippen molar-refractivity contribution >= 4 is 37.9 Å². The van der Waals surface area contributed by atoms with Gasteiger partial charge in [-0.15, -0.1) is 0 Å². The van der Waals surface area contributed by atoms with Gasteiger partial charge in [-0.25, -0.2) is 4.79 Å². The number of hydrogen-bond acceptors (Lipinski definition) is 5. The van der Waals surface area contributed by atoms with E-state index >= 15 is 0 Å². The van der Waals surface area contributed by atoms with Gasteiger partial charge in [-0.05, 0) is 18.2 Å². The van der Waals surface area contributed by atoms with Crippen LogP contribution in [0.3, 0.4) is 0 Å². The second-order valence-corrected chi connectivity index (χ2v) is 6.21. The summed E-state index contributed by atoms with van der Waals surface area (Å²) >= 11 is -1.55. The molecule has 0 saturated heterocycles. The third-order valence-corrected chi connectivity index (χ3v) is 4.56. The Kier molecular flexibility index (Phi) is 6.87. The largest absolute Gasteiger partial charge is 0.491 e. The average Bonchev–Trinajstić information content (AvgIpc) is 2.56. The molecule has 23 heavy (non-hydrogen) atoms. The molecular weight excluding hydrogens is 415 g/mol. The predicted octanol–water partition coefficient (Wildman–Crippen LogP) is 3.07. The summed E-state index contributed by atoms with van der Waals surface area (Å²) in [6.07, 6.45) is 0. The molecule has 1 N–H and O–H groups in total. The molecule has 2 rings (SSSR count). The van der Waals surface area contributed by atoms with Gasteiger partial charge in [-0.1, -0.05) is 12.1 Å². The molecule has 0 aliphatic heterocycles. The van der Waals surface area contributed by atoms with E-state index in [4.69, 9.17) is 14.2 Å². The lowest BCUT2D eigenvalue weighted by Gasteiger charge is -2.11. The fraction of sp³-hybridized carbons (Fsp3) is 0.312. The molecule has 0 spiro atoms. The van der Waals surface area contributed by atoms with Gasteiger partial charge >= 0.3 is 5.97 Å². The minimum Gasteiger partial charge on any atom is -0.491 e. The molecule has 0 amide bonds. The van der Waals surface area contributed by atoms with Gasteiger partial charge in [0.15, 0.2) is 21.2 Å². The number of carboxylic acids is 1. The number of fused-ring (bicyclic) bond motifs is 1. The maximum atomic E-state index is 11.5. The highest BCUT2D eigenvalue weighted by Gasteiger charge is 2.16. The summed E-state index contributed by atoms with van der Waals surface area (Å²) in [6, 6.07) is 8.53. The molecule has 0 atom stereocenters. The number of carboxylic acid groups (broad SMARTS) is 1. The molecule has 0 heterocycles. The van der Waals surface area contributed by atoms with Gasteiger partial charge in [0.25, 0.3) is 0 Å². The summed E-state index contributed by atoms with van der Waals surface area (Å²) in [5.74, 6) is -0.503. The molecule has 0 bridgehead atoms. The minimum absolute atomic E-state index is 0.0899. The molecule has 2 aromatic rings. The molecule has 0 saturated carbocycles. The van der Waals surface area contributed by atoms with Crippen LogP contribution in [0.5, 0.6) is 5.75 Å². The van der Waals surface area contributed by atoms with Gasteiger partial charge in [0.2, 0.25) is 0 Å². The Labute approximate surface area is 144 Å². The van der Waals surface area contributed by atoms with E-state index in [0.29, 0.717) is 46.5 Å². The molecule has 2 aromatic carbocycles. The third kappa shape index (κ3) is 4.46. The summed E-state index contributed by atoms with van der Waals surface area (Å²) in [5, 5.41) is 10.6. The first kappa shape index (κ1) is 17.8. The van der Waals surface area contributed by atoms with Crippen molar-refractivity contribution in [3.8, 4) is 5.75 Å². The van der Waals surface area contributed by atoms with Crippen LogP contribution in [0.1, 0.15) is 10.4 Å². The molecule has 0 aromatic heterocycles. The second kappa shape index (κ2) is 8.90. The van der Waals surface area contributed by atoms with Gasteiger partial charge in [0, 0.05) is 17.9 Å². The number of benzene rings is 2. The molecule has 7 heteroatoms. The van der Waals surface area contributed by atoms with Crippen LogP contribution in [-0.4, -0.2) is 44.6 Å². The Morgan fingerprint density at radius 3 is 2.57 bits per heavy atom. The summed E-state index contributed by atoms with van der Waals surface area (Å²) < 4.78 is 27.5. The lowest BCUT2D eigenvalue weighted by molar-refractivity contribution is 0.0547. The van der Waals surface area contributed by atoms with Crippen molar-refractivity contribution in [1.29, 1.82) is 0 Å². The number of hydrogen-bond donors (Lipinski definition) is 1. The fourth-order valence-electron chi connectivity index (χ4n) is 2.16. The smallest absolute Gasteiger partial charge is 0.337 e. The van der Waals surface area contributed by atoms with Crippen LogP contribution in [0.4, 0.5) is 0 Å². The number of aromatic carboxylic acids is 1. The first-order valence-electron chi connectivity index (χ1n) is 6.94. The number of rotatable bonds is 9. The normalized spacial score (nSPS) is 10.8. The van der Waals surface area contributed by atoms with Crippen molar-refractivity contribution in [3.63, 3.8) is 0 Å². The number of ether oxygens (including phenoxy) is 3. The Hall–Kier alpha value is -1.58. The summed E-state index contributed by atoms with van der Waals surface area (Å²) in [4.78, 5) is 11.5. The monoisotopic (exact) mass is 432 g/mol. The maximum Gasteiger partial charge on any atom is 0.337 e. The van der Waals surface area contributed by atoms with Crippen LogP contribution in [0.15, 0.2) is 30.3 Å². The van der Waals surface area contributed by atoms with Gasteiger partial charge in [-0.2, -0.15) is 0 Å². The zero-order valence-electron chi connectivity index (χ0n) is 12.6. The Bertz CT molecular complexity index is 700. The van der Waals surface area contributed by atoms with Crippen molar-refractivity contribution in [2.75, 3.05) is 33.5 Å². The number of halogens is 1. The molecule has 0 aliphatic carbocycles. The van der Waals surface area contributed by atoms with E-state index in [1.165, 1.54) is 0 Å². The Balaban J connectivity index is 2.20. The van der Waals surface area contributed by atoms with E-state index in [0.717, 1.165) is 0 Å². The van der Waals surface area contributed by atoms with Crippen molar-refractivity contribution in [2.24, 2.45) is 0 Å². The number of carbonyl (C=O) groups is 1. The minimum atomic E-state index is -1.55. The quantitative estimate of drug-likeness (QED) is 0.485. The van der Waals surface area contributed by atoms with E-state index in [1.807, 2.05) is 0 Å². The van der Waals surface area contributed by atoms with Crippen LogP contribution in [0.25, 0.3) is 10.8 Å². The maximum absolute atomic E-state index is 11.5. The standard InChI is InChI=1S/C16H17IO6/c1-21-7-8-22-9-10-23-14-4-2-3-12-11(14)5-6-13(17-20)15(12)16(18)19/h2-6H,7-10H2,1H3,(H,18,19). The molecule has 6 nitrogen and oxygen atoms in total. The van der Waals surface area contributed by atoms with Crippen molar-refractivity contribution in [3.05, 3.63) is 39.5 Å². The average molecular weight is 432 g/mol. The molecule has 0 radical (unpaired) electrons. The molecule has 0 fully saturated rings. The summed E-state index contributed by atoms with van der Waals surface area (Å²) in [5.41, 5.74) is 0.0899. The Morgan fingerprint density at radius 1 is 1.09 bits per heavy atom. The van der Waals surface area contributed by atoms with Crippen LogP contribution in [0.2, 0.25) is 0 Å². The number of methoxy groups -OCH3 is 1. The first-order valence-corrected chi connectivity index (χ1v) is 8.90. The van der Waals surface area contributed by atoms with Crippen LogP contribution in [-0.2, 0) is 12.5 Å². The van der Waals surface area contributed by atoms with Gasteiger partial charge < -0.3 is 19.3 Å². The van der Waals surface area contributed by atoms with E-state index < -0.39 is 27.2 Å². The van der Waals surface area contributed by atoms with Gasteiger partial charge in [0.1, 0.15) is 12.4 Å². The highest BCUT2D eigenvalue weighted by atomic mass is 127. The molecule has 0 unspecified atom stereocenters. The lowest BCUT2D eigenvalue weighted by Crippen LogP contribution is -2.10. The SMILES string of the molecule is COCCOCCOc1cccc2c(C(=O)O)c(I=O)ccc12. The fourth-order valence-corrected chi connectivity index (χ4v) is 3.23. The summed E-state index contributed by atoms with van der Waals surface area (Å²) in [6.45, 7) is 1.78. The predicted molar refractivity (Wildman–Crippen MR) is 92.5 cm³/mol. The van der Waals surface area contributed by atoms with Crippen LogP contribution < -0.4 is 4.74 Å². The van der Waals surface area contributed by atoms with Gasteiger partial charge in [0.05, 0.1) is 29.0 Å². The third-order valence-electron chi connectivity index (χ3n) is 3.18. The van der Waals surface area contributed by atoms with Crippen LogP contribution in [0, 0.1) is 3.57 Å². The highest BCUT2D eigenvalue weighted by Crippen LogP contribution is 2.31. The Morgan fingerprint density at radius 2 is 1.87 bits per heavy atom. The molecular formula is C16H17IO6. The summed E-state index contributed by atoms with van der Waals surface area (Å²) in [7, 11) is 1.61. The van der Waals surface area contributed by atoms with E-state index in [1.54, 1.807) is 37.4 Å². The topological polar surface area (TPSA) is 82.1 Å². The second-order valence-electron chi connectivity index (χ2n) is 4.61. The van der Waals surface area contributed by atoms with Crippen molar-refractivity contribution in [1.82, 2.24) is 0 Å². The van der Waals surface area contributed by atoms with Crippen LogP contribution >= 0.6 is 21.2 Å². The van der Waals surface area contributed by atoms with Crippen molar-refractivity contribution < 1.29 is 27.2 Å². The molecule has 124 valence electrons. The zero-order valence-corrected chi connectivity index (χ0v) is 14.7. The van der Waals surface area contributed by atoms with Gasteiger partial charge in [-0.3, -0.25) is 3.07 Å². The molecule has 0 aliphatic rings. The van der Waals surface area contributed by atoms with E-state index in [2.05, 4.69) is 0 Å². The zero-order chi connectivity index (χ0) is 16.7. The lowest BCUT2D eigenvalue weighted by atomic mass is 10.0. The van der Waals surface area contributed by atoms with Crippen molar-refractivity contribution in [2.45, 2.75) is 0 Å². The first-order chi connectivity index (χ1) is 11.2. The highest BCUT2D eigenvalue weighted by molar-refractivity contribution is 14.1. The van der Waals surface area contributed by atoms with E-state index in [9.17, 15) is 13.0 Å². The van der Waals surface area contributed by atoms with E-state index in [-0.39, 0.29) is 5.56 Å².